The average Bonchev–Trinajstić information content (AvgIpc) is 2.50. The first-order valence-corrected chi connectivity index (χ1v) is 7.04. The molecule has 2 aromatic carbocycles. The van der Waals surface area contributed by atoms with Crippen LogP contribution in [0.25, 0.3) is 0 Å². The number of rotatable bonds is 2. The molecule has 21 heavy (non-hydrogen) atoms. The Kier molecular flexibility index (Phi) is 3.52. The molecule has 4 nitrogen and oxygen atoms in total. The van der Waals surface area contributed by atoms with E-state index in [1.807, 2.05) is 43.3 Å². The lowest BCUT2D eigenvalue weighted by molar-refractivity contribution is 0.0925. The van der Waals surface area contributed by atoms with Gasteiger partial charge in [0.1, 0.15) is 5.75 Å². The van der Waals surface area contributed by atoms with Crippen molar-refractivity contribution in [3.8, 4) is 5.75 Å². The molecule has 4 heteroatoms. The first-order chi connectivity index (χ1) is 10.1. The molecule has 1 unspecified atom stereocenters. The molecule has 3 rings (SSSR count). The van der Waals surface area contributed by atoms with Crippen molar-refractivity contribution in [1.82, 2.24) is 5.32 Å². The molecule has 2 aromatic rings. The van der Waals surface area contributed by atoms with E-state index in [0.717, 1.165) is 23.3 Å². The molecule has 0 radical (unpaired) electrons. The van der Waals surface area contributed by atoms with Crippen LogP contribution in [-0.4, -0.2) is 12.5 Å². The number of amides is 1. The average molecular weight is 282 g/mol. The summed E-state index contributed by atoms with van der Waals surface area (Å²) in [5, 5.41) is 3.06. The van der Waals surface area contributed by atoms with Crippen molar-refractivity contribution in [2.75, 3.05) is 12.3 Å². The Morgan fingerprint density at radius 2 is 2.10 bits per heavy atom. The van der Waals surface area contributed by atoms with Gasteiger partial charge in [-0.3, -0.25) is 4.79 Å². The number of nitrogens with one attached hydrogen (secondary N) is 1. The Morgan fingerprint density at radius 3 is 2.95 bits per heavy atom. The SMILES string of the molecule is Cc1ccc(N)c(C(=O)NC2CCOc3ccccc32)c1. The van der Waals surface area contributed by atoms with Crippen LogP contribution in [-0.2, 0) is 0 Å². The second kappa shape index (κ2) is 5.48. The van der Waals surface area contributed by atoms with Crippen molar-refractivity contribution in [2.24, 2.45) is 0 Å². The molecule has 0 fully saturated rings. The van der Waals surface area contributed by atoms with Gasteiger partial charge in [-0.1, -0.05) is 29.8 Å². The fraction of sp³-hybridized carbons (Fsp3) is 0.235. The van der Waals surface area contributed by atoms with E-state index in [0.29, 0.717) is 17.9 Å². The van der Waals surface area contributed by atoms with Crippen molar-refractivity contribution >= 4 is 11.6 Å². The van der Waals surface area contributed by atoms with Gasteiger partial charge < -0.3 is 15.8 Å². The quantitative estimate of drug-likeness (QED) is 0.832. The predicted molar refractivity (Wildman–Crippen MR) is 82.4 cm³/mol. The van der Waals surface area contributed by atoms with E-state index in [2.05, 4.69) is 5.32 Å². The Labute approximate surface area is 123 Å². The Morgan fingerprint density at radius 1 is 1.29 bits per heavy atom. The monoisotopic (exact) mass is 282 g/mol. The minimum absolute atomic E-state index is 0.0395. The number of fused-ring (bicyclic) bond motifs is 1. The van der Waals surface area contributed by atoms with Crippen LogP contribution in [0.2, 0.25) is 0 Å². The third kappa shape index (κ3) is 2.70. The lowest BCUT2D eigenvalue weighted by atomic mass is 10.00. The molecule has 0 saturated heterocycles. The Balaban J connectivity index is 1.84. The summed E-state index contributed by atoms with van der Waals surface area (Å²) in [6, 6.07) is 13.2. The van der Waals surface area contributed by atoms with Crippen molar-refractivity contribution in [1.29, 1.82) is 0 Å². The van der Waals surface area contributed by atoms with Gasteiger partial charge >= 0.3 is 0 Å². The van der Waals surface area contributed by atoms with Gasteiger partial charge in [0.15, 0.2) is 0 Å². The van der Waals surface area contributed by atoms with Gasteiger partial charge in [0.25, 0.3) is 5.91 Å². The topological polar surface area (TPSA) is 64.4 Å². The summed E-state index contributed by atoms with van der Waals surface area (Å²) < 4.78 is 5.61. The van der Waals surface area contributed by atoms with E-state index in [9.17, 15) is 4.79 Å². The van der Waals surface area contributed by atoms with Crippen LogP contribution in [0.4, 0.5) is 5.69 Å². The van der Waals surface area contributed by atoms with Gasteiger partial charge in [0, 0.05) is 17.7 Å². The number of anilines is 1. The van der Waals surface area contributed by atoms with Crippen molar-refractivity contribution < 1.29 is 9.53 Å². The standard InChI is InChI=1S/C17H18N2O2/c1-11-6-7-14(18)13(10-11)17(20)19-15-8-9-21-16-5-3-2-4-12(15)16/h2-7,10,15H,8-9,18H2,1H3,(H,19,20). The lowest BCUT2D eigenvalue weighted by Crippen LogP contribution is -2.32. The highest BCUT2D eigenvalue weighted by Gasteiger charge is 2.23. The molecule has 1 aliphatic heterocycles. The van der Waals surface area contributed by atoms with Gasteiger partial charge in [0.2, 0.25) is 0 Å². The van der Waals surface area contributed by atoms with Gasteiger partial charge in [-0.2, -0.15) is 0 Å². The number of para-hydroxylation sites is 1. The highest BCUT2D eigenvalue weighted by atomic mass is 16.5. The summed E-state index contributed by atoms with van der Waals surface area (Å²) in [5.41, 5.74) is 8.96. The predicted octanol–water partition coefficient (Wildman–Crippen LogP) is 2.83. The molecule has 0 saturated carbocycles. The maximum absolute atomic E-state index is 12.5. The molecule has 1 heterocycles. The second-order valence-electron chi connectivity index (χ2n) is 5.29. The number of aryl methyl sites for hydroxylation is 1. The van der Waals surface area contributed by atoms with E-state index >= 15 is 0 Å². The summed E-state index contributed by atoms with van der Waals surface area (Å²) in [7, 11) is 0. The Hall–Kier alpha value is -2.49. The molecular weight excluding hydrogens is 264 g/mol. The molecule has 0 spiro atoms. The third-order valence-corrected chi connectivity index (χ3v) is 3.72. The molecular formula is C17H18N2O2. The molecule has 0 bridgehead atoms. The molecule has 0 aromatic heterocycles. The normalized spacial score (nSPS) is 16.7. The fourth-order valence-electron chi connectivity index (χ4n) is 2.59. The van der Waals surface area contributed by atoms with E-state index in [-0.39, 0.29) is 11.9 Å². The largest absolute Gasteiger partial charge is 0.493 e. The number of benzene rings is 2. The van der Waals surface area contributed by atoms with E-state index in [1.54, 1.807) is 6.07 Å². The summed E-state index contributed by atoms with van der Waals surface area (Å²) in [5.74, 6) is 0.698. The van der Waals surface area contributed by atoms with Crippen LogP contribution in [0.5, 0.6) is 5.75 Å². The fourth-order valence-corrected chi connectivity index (χ4v) is 2.59. The maximum atomic E-state index is 12.5. The van der Waals surface area contributed by atoms with Crippen LogP contribution < -0.4 is 15.8 Å². The number of nitrogen functional groups attached to an aromatic ring is 1. The highest BCUT2D eigenvalue weighted by molar-refractivity contribution is 5.99. The summed E-state index contributed by atoms with van der Waals surface area (Å²) in [6.45, 7) is 2.55. The molecule has 108 valence electrons. The summed E-state index contributed by atoms with van der Waals surface area (Å²) in [6.07, 6.45) is 0.758. The van der Waals surface area contributed by atoms with Crippen molar-refractivity contribution in [2.45, 2.75) is 19.4 Å². The van der Waals surface area contributed by atoms with Gasteiger partial charge in [-0.25, -0.2) is 0 Å². The molecule has 3 N–H and O–H groups in total. The van der Waals surface area contributed by atoms with Crippen LogP contribution >= 0.6 is 0 Å². The first-order valence-electron chi connectivity index (χ1n) is 7.04. The first kappa shape index (κ1) is 13.5. The summed E-state index contributed by atoms with van der Waals surface area (Å²) in [4.78, 5) is 12.5. The van der Waals surface area contributed by atoms with Crippen molar-refractivity contribution in [3.63, 3.8) is 0 Å². The minimum atomic E-state index is -0.141. The van der Waals surface area contributed by atoms with Crippen LogP contribution in [0.3, 0.4) is 0 Å². The zero-order valence-electron chi connectivity index (χ0n) is 11.9. The molecule has 1 aliphatic rings. The van der Waals surface area contributed by atoms with Crippen LogP contribution in [0.15, 0.2) is 42.5 Å². The number of carbonyl (C=O) groups excluding carboxylic acids is 1. The third-order valence-electron chi connectivity index (χ3n) is 3.72. The van der Waals surface area contributed by atoms with Gasteiger partial charge in [-0.05, 0) is 25.1 Å². The van der Waals surface area contributed by atoms with Gasteiger partial charge in [0.05, 0.1) is 18.2 Å². The zero-order valence-corrected chi connectivity index (χ0v) is 11.9. The molecule has 1 atom stereocenters. The maximum Gasteiger partial charge on any atom is 0.253 e. The van der Waals surface area contributed by atoms with Crippen LogP contribution in [0, 0.1) is 6.92 Å². The van der Waals surface area contributed by atoms with Gasteiger partial charge in [-0.15, -0.1) is 0 Å². The summed E-state index contributed by atoms with van der Waals surface area (Å²) >= 11 is 0. The number of ether oxygens (including phenoxy) is 1. The lowest BCUT2D eigenvalue weighted by Gasteiger charge is -2.26. The van der Waals surface area contributed by atoms with Crippen LogP contribution in [0.1, 0.15) is 33.9 Å². The van der Waals surface area contributed by atoms with E-state index in [1.165, 1.54) is 0 Å². The smallest absolute Gasteiger partial charge is 0.253 e. The Bertz CT molecular complexity index is 682. The minimum Gasteiger partial charge on any atom is -0.493 e. The number of hydrogen-bond acceptors (Lipinski definition) is 3. The number of nitrogens with two attached hydrogens (primary N) is 1. The molecule has 1 amide bonds. The second-order valence-corrected chi connectivity index (χ2v) is 5.29. The van der Waals surface area contributed by atoms with E-state index < -0.39 is 0 Å². The van der Waals surface area contributed by atoms with Crippen molar-refractivity contribution in [3.05, 3.63) is 59.2 Å². The highest BCUT2D eigenvalue weighted by Crippen LogP contribution is 2.31. The zero-order chi connectivity index (χ0) is 14.8. The number of hydrogen-bond donors (Lipinski definition) is 2. The van der Waals surface area contributed by atoms with E-state index in [4.69, 9.17) is 10.5 Å². The molecule has 0 aliphatic carbocycles. The number of carbonyl (C=O) groups is 1.